The van der Waals surface area contributed by atoms with Crippen LogP contribution in [-0.2, 0) is 6.42 Å². The molecule has 10 heteroatoms. The molecule has 2 aromatic rings. The van der Waals surface area contributed by atoms with E-state index in [1.165, 1.54) is 6.33 Å². The molecule has 2 rings (SSSR count). The Hall–Kier alpha value is -2.78. The summed E-state index contributed by atoms with van der Waals surface area (Å²) in [5.41, 5.74) is -0.190. The van der Waals surface area contributed by atoms with E-state index in [1.807, 2.05) is 0 Å². The highest BCUT2D eigenvalue weighted by Crippen LogP contribution is 2.21. The number of anilines is 2. The van der Waals surface area contributed by atoms with E-state index in [-0.39, 0.29) is 11.5 Å². The predicted molar refractivity (Wildman–Crippen MR) is 64.7 cm³/mol. The third kappa shape index (κ3) is 3.12. The van der Waals surface area contributed by atoms with Crippen molar-refractivity contribution >= 4 is 17.5 Å². The number of hydrogen-bond acceptors (Lipinski definition) is 9. The van der Waals surface area contributed by atoms with E-state index in [0.29, 0.717) is 24.8 Å². The van der Waals surface area contributed by atoms with E-state index in [4.69, 9.17) is 4.52 Å². The normalized spacial score (nSPS) is 10.2. The molecule has 0 radical (unpaired) electrons. The maximum atomic E-state index is 10.8. The zero-order valence-electron chi connectivity index (χ0n) is 10.0. The summed E-state index contributed by atoms with van der Waals surface area (Å²) in [5, 5.41) is 19.9. The molecule has 0 saturated carbocycles. The highest BCUT2D eigenvalue weighted by molar-refractivity contribution is 5.56. The molecular formula is C9H11N7O3. The van der Waals surface area contributed by atoms with Gasteiger partial charge in [-0.2, -0.15) is 9.97 Å². The molecule has 19 heavy (non-hydrogen) atoms. The van der Waals surface area contributed by atoms with E-state index in [1.54, 1.807) is 7.05 Å². The second-order valence-electron chi connectivity index (χ2n) is 3.45. The molecule has 0 aliphatic rings. The summed E-state index contributed by atoms with van der Waals surface area (Å²) in [6, 6.07) is 0. The Morgan fingerprint density at radius 1 is 1.47 bits per heavy atom. The molecular weight excluding hydrogens is 254 g/mol. The zero-order chi connectivity index (χ0) is 13.7. The van der Waals surface area contributed by atoms with Crippen molar-refractivity contribution < 1.29 is 9.45 Å². The van der Waals surface area contributed by atoms with Crippen LogP contribution < -0.4 is 10.6 Å². The summed E-state index contributed by atoms with van der Waals surface area (Å²) in [4.78, 5) is 21.9. The summed E-state index contributed by atoms with van der Waals surface area (Å²) in [7, 11) is 1.63. The first-order chi connectivity index (χ1) is 9.20. The van der Waals surface area contributed by atoms with E-state index < -0.39 is 4.92 Å². The van der Waals surface area contributed by atoms with Crippen molar-refractivity contribution in [3.05, 3.63) is 28.5 Å². The molecule has 2 aromatic heterocycles. The van der Waals surface area contributed by atoms with Crippen molar-refractivity contribution in [1.82, 2.24) is 20.1 Å². The van der Waals surface area contributed by atoms with Crippen molar-refractivity contribution in [2.24, 2.45) is 0 Å². The molecule has 0 amide bonds. The lowest BCUT2D eigenvalue weighted by Gasteiger charge is -2.06. The lowest BCUT2D eigenvalue weighted by Crippen LogP contribution is -2.10. The molecule has 0 saturated heterocycles. The summed E-state index contributed by atoms with van der Waals surface area (Å²) >= 11 is 0. The van der Waals surface area contributed by atoms with Gasteiger partial charge in [-0.15, -0.1) is 0 Å². The number of nitrogens with one attached hydrogen (secondary N) is 2. The molecule has 0 fully saturated rings. The minimum absolute atomic E-state index is 0.142. The van der Waals surface area contributed by atoms with Crippen LogP contribution in [0.5, 0.6) is 0 Å². The first kappa shape index (κ1) is 12.7. The summed E-state index contributed by atoms with van der Waals surface area (Å²) < 4.78 is 4.81. The van der Waals surface area contributed by atoms with Gasteiger partial charge < -0.3 is 15.2 Å². The van der Waals surface area contributed by atoms with Crippen LogP contribution in [0, 0.1) is 10.1 Å². The Morgan fingerprint density at radius 2 is 2.32 bits per heavy atom. The molecule has 10 nitrogen and oxygen atoms in total. The van der Waals surface area contributed by atoms with Crippen molar-refractivity contribution in [2.45, 2.75) is 6.42 Å². The van der Waals surface area contributed by atoms with Gasteiger partial charge >= 0.3 is 5.69 Å². The molecule has 2 N–H and O–H groups in total. The number of hydrogen-bond donors (Lipinski definition) is 2. The number of nitrogens with zero attached hydrogens (tertiary/aromatic N) is 5. The first-order valence-electron chi connectivity index (χ1n) is 5.39. The van der Waals surface area contributed by atoms with Gasteiger partial charge in [-0.05, 0) is 0 Å². The molecule has 0 unspecified atom stereocenters. The lowest BCUT2D eigenvalue weighted by molar-refractivity contribution is -0.384. The number of aromatic nitrogens is 4. The molecule has 0 bridgehead atoms. The quantitative estimate of drug-likeness (QED) is 0.564. The Morgan fingerprint density at radius 3 is 2.95 bits per heavy atom. The van der Waals surface area contributed by atoms with Crippen molar-refractivity contribution in [2.75, 3.05) is 24.2 Å². The van der Waals surface area contributed by atoms with Crippen LogP contribution in [0.15, 0.2) is 17.0 Å². The van der Waals surface area contributed by atoms with E-state index in [0.717, 1.165) is 6.20 Å². The molecule has 0 spiro atoms. The number of nitro groups is 1. The van der Waals surface area contributed by atoms with E-state index in [2.05, 4.69) is 30.7 Å². The molecule has 0 aliphatic heterocycles. The highest BCUT2D eigenvalue weighted by atomic mass is 16.6. The maximum absolute atomic E-state index is 10.8. The van der Waals surface area contributed by atoms with Gasteiger partial charge in [-0.3, -0.25) is 10.1 Å². The Balaban J connectivity index is 2.06. The van der Waals surface area contributed by atoms with Gasteiger partial charge in [0.1, 0.15) is 6.20 Å². The van der Waals surface area contributed by atoms with Gasteiger partial charge in [0.05, 0.1) is 4.92 Å². The second kappa shape index (κ2) is 5.71. The van der Waals surface area contributed by atoms with Crippen molar-refractivity contribution in [3.63, 3.8) is 0 Å². The Bertz CT molecular complexity index is 557. The van der Waals surface area contributed by atoms with Gasteiger partial charge in [-0.1, -0.05) is 5.16 Å². The monoisotopic (exact) mass is 265 g/mol. The molecule has 2 heterocycles. The second-order valence-corrected chi connectivity index (χ2v) is 3.45. The largest absolute Gasteiger partial charge is 0.364 e. The van der Waals surface area contributed by atoms with E-state index >= 15 is 0 Å². The van der Waals surface area contributed by atoms with Crippen LogP contribution >= 0.6 is 0 Å². The SMILES string of the molecule is CNc1ncc([N+](=O)[O-])c(NCCc2ncno2)n1. The maximum Gasteiger partial charge on any atom is 0.329 e. The predicted octanol–water partition coefficient (Wildman–Crippen LogP) is 0.464. The van der Waals surface area contributed by atoms with Crippen LogP contribution in [0.2, 0.25) is 0 Å². The molecule has 0 atom stereocenters. The standard InChI is InChI=1S/C9H11N7O3/c1-10-9-12-4-6(16(17)18)8(15-9)11-3-2-7-13-5-14-19-7/h4-5H,2-3H2,1H3,(H2,10,11,12,15). The third-order valence-electron chi connectivity index (χ3n) is 2.23. The van der Waals surface area contributed by atoms with Crippen LogP contribution in [-0.4, -0.2) is 38.6 Å². The average molecular weight is 265 g/mol. The fourth-order valence-electron chi connectivity index (χ4n) is 1.35. The zero-order valence-corrected chi connectivity index (χ0v) is 10.0. The van der Waals surface area contributed by atoms with Gasteiger partial charge in [0.15, 0.2) is 6.33 Å². The Kier molecular flexibility index (Phi) is 3.81. The first-order valence-corrected chi connectivity index (χ1v) is 5.39. The van der Waals surface area contributed by atoms with Gasteiger partial charge in [0.25, 0.3) is 0 Å². The molecule has 100 valence electrons. The summed E-state index contributed by atoms with van der Waals surface area (Å²) in [6.45, 7) is 0.378. The van der Waals surface area contributed by atoms with Crippen LogP contribution in [0.4, 0.5) is 17.5 Å². The Labute approximate surface area is 107 Å². The van der Waals surface area contributed by atoms with Gasteiger partial charge in [0.2, 0.25) is 17.7 Å². The lowest BCUT2D eigenvalue weighted by atomic mass is 10.4. The van der Waals surface area contributed by atoms with Crippen LogP contribution in [0.25, 0.3) is 0 Å². The minimum atomic E-state index is -0.547. The average Bonchev–Trinajstić information content (AvgIpc) is 2.91. The van der Waals surface area contributed by atoms with Gasteiger partial charge in [0, 0.05) is 20.0 Å². The van der Waals surface area contributed by atoms with Crippen molar-refractivity contribution in [1.29, 1.82) is 0 Å². The third-order valence-corrected chi connectivity index (χ3v) is 2.23. The number of rotatable bonds is 6. The van der Waals surface area contributed by atoms with Crippen LogP contribution in [0.1, 0.15) is 5.89 Å². The van der Waals surface area contributed by atoms with Crippen molar-refractivity contribution in [3.8, 4) is 0 Å². The van der Waals surface area contributed by atoms with Crippen LogP contribution in [0.3, 0.4) is 0 Å². The van der Waals surface area contributed by atoms with E-state index in [9.17, 15) is 10.1 Å². The van der Waals surface area contributed by atoms with Gasteiger partial charge in [-0.25, -0.2) is 4.98 Å². The smallest absolute Gasteiger partial charge is 0.329 e. The highest BCUT2D eigenvalue weighted by Gasteiger charge is 2.16. The minimum Gasteiger partial charge on any atom is -0.364 e. The topological polar surface area (TPSA) is 132 Å². The summed E-state index contributed by atoms with van der Waals surface area (Å²) in [5.74, 6) is 0.882. The fourth-order valence-corrected chi connectivity index (χ4v) is 1.35. The molecule has 0 aliphatic carbocycles. The summed E-state index contributed by atoms with van der Waals surface area (Å²) in [6.07, 6.45) is 2.88. The molecule has 0 aromatic carbocycles. The fraction of sp³-hybridized carbons (Fsp3) is 0.333.